The summed E-state index contributed by atoms with van der Waals surface area (Å²) in [7, 11) is 1.90. The van der Waals surface area contributed by atoms with E-state index in [2.05, 4.69) is 19.9 Å². The number of ether oxygens (including phenoxy) is 1. The minimum absolute atomic E-state index is 0.257. The van der Waals surface area contributed by atoms with E-state index in [4.69, 9.17) is 4.74 Å². The molecule has 1 unspecified atom stereocenters. The number of carbonyl (C=O) groups is 1. The third kappa shape index (κ3) is 2.06. The Labute approximate surface area is 141 Å². The lowest BCUT2D eigenvalue weighted by Gasteiger charge is -2.59. The van der Waals surface area contributed by atoms with Crippen molar-refractivity contribution >= 4 is 5.78 Å². The molecule has 0 spiro atoms. The monoisotopic (exact) mass is 316 g/mol. The molecule has 0 aromatic rings. The quantitative estimate of drug-likeness (QED) is 0.696. The number of methoxy groups -OCH3 is 1. The first kappa shape index (κ1) is 15.9. The van der Waals surface area contributed by atoms with Crippen LogP contribution < -0.4 is 0 Å². The van der Waals surface area contributed by atoms with Crippen molar-refractivity contribution in [3.8, 4) is 0 Å². The molecule has 0 aliphatic heterocycles. The van der Waals surface area contributed by atoms with E-state index in [1.165, 1.54) is 38.5 Å². The van der Waals surface area contributed by atoms with E-state index in [1.807, 2.05) is 14.0 Å². The molecule has 0 N–H and O–H groups in total. The highest BCUT2D eigenvalue weighted by Crippen LogP contribution is 2.65. The Hall–Kier alpha value is -0.630. The summed E-state index contributed by atoms with van der Waals surface area (Å²) in [5.74, 6) is 3.43. The maximum Gasteiger partial charge on any atom is 0.158 e. The Morgan fingerprint density at radius 1 is 1.09 bits per heavy atom. The Balaban J connectivity index is 1.68. The summed E-state index contributed by atoms with van der Waals surface area (Å²) in [4.78, 5) is 12.2. The molecule has 7 atom stereocenters. The van der Waals surface area contributed by atoms with Crippen molar-refractivity contribution in [1.29, 1.82) is 0 Å². The average molecular weight is 316 g/mol. The van der Waals surface area contributed by atoms with Gasteiger partial charge in [-0.05, 0) is 85.5 Å². The number of Topliss-reactive ketones (excluding diaryl/α,β-unsaturated/α-hetero) is 1. The van der Waals surface area contributed by atoms with Gasteiger partial charge in [0.1, 0.15) is 0 Å². The molecule has 0 bridgehead atoms. The molecule has 23 heavy (non-hydrogen) atoms. The maximum atomic E-state index is 12.2. The Morgan fingerprint density at radius 3 is 2.61 bits per heavy atom. The lowest BCUT2D eigenvalue weighted by Crippen LogP contribution is -2.53. The second-order valence-electron chi connectivity index (χ2n) is 9.32. The third-order valence-electron chi connectivity index (χ3n) is 8.56. The first-order valence-corrected chi connectivity index (χ1v) is 9.65. The van der Waals surface area contributed by atoms with Crippen LogP contribution in [0.5, 0.6) is 0 Å². The van der Waals surface area contributed by atoms with Gasteiger partial charge >= 0.3 is 0 Å². The van der Waals surface area contributed by atoms with Crippen molar-refractivity contribution in [2.45, 2.75) is 71.8 Å². The van der Waals surface area contributed by atoms with Crippen LogP contribution >= 0.6 is 0 Å². The number of allylic oxidation sites excluding steroid dienone is 2. The van der Waals surface area contributed by atoms with Gasteiger partial charge in [0, 0.05) is 13.5 Å². The second-order valence-corrected chi connectivity index (χ2v) is 9.32. The van der Waals surface area contributed by atoms with Crippen LogP contribution in [-0.2, 0) is 9.53 Å². The fourth-order valence-electron chi connectivity index (χ4n) is 7.29. The minimum Gasteiger partial charge on any atom is -0.381 e. The molecule has 0 aromatic heterocycles. The van der Waals surface area contributed by atoms with Crippen LogP contribution in [0.1, 0.15) is 65.7 Å². The fraction of sp³-hybridized carbons (Fsp3) is 0.857. The van der Waals surface area contributed by atoms with Crippen LogP contribution in [0.15, 0.2) is 11.6 Å². The molecule has 2 heteroatoms. The highest BCUT2D eigenvalue weighted by Gasteiger charge is 2.60. The summed E-state index contributed by atoms with van der Waals surface area (Å²) < 4.78 is 5.87. The summed E-state index contributed by atoms with van der Waals surface area (Å²) in [6.07, 6.45) is 11.4. The van der Waals surface area contributed by atoms with Gasteiger partial charge in [-0.1, -0.05) is 19.9 Å². The van der Waals surface area contributed by atoms with E-state index in [0.717, 1.165) is 29.7 Å². The van der Waals surface area contributed by atoms with Crippen molar-refractivity contribution in [3.63, 3.8) is 0 Å². The molecule has 0 heterocycles. The van der Waals surface area contributed by atoms with Crippen molar-refractivity contribution in [2.24, 2.45) is 34.5 Å². The SMILES string of the molecule is CO[C@H]1CC[C@H]2[C@@H]3CCC4CC(=O)C(C)=C[C@]4(C)[C@H]3CC[C@]12C. The summed E-state index contributed by atoms with van der Waals surface area (Å²) in [6.45, 7) is 7.00. The van der Waals surface area contributed by atoms with E-state index in [-0.39, 0.29) is 5.41 Å². The van der Waals surface area contributed by atoms with Gasteiger partial charge in [-0.25, -0.2) is 0 Å². The Bertz CT molecular complexity index is 550. The topological polar surface area (TPSA) is 26.3 Å². The second kappa shape index (κ2) is 5.18. The number of hydrogen-bond acceptors (Lipinski definition) is 2. The average Bonchev–Trinajstić information content (AvgIpc) is 2.85. The molecular formula is C21H32O2. The van der Waals surface area contributed by atoms with E-state index in [1.54, 1.807) is 0 Å². The zero-order valence-electron chi connectivity index (χ0n) is 15.2. The van der Waals surface area contributed by atoms with E-state index < -0.39 is 0 Å². The molecule has 4 aliphatic carbocycles. The molecule has 4 aliphatic rings. The summed E-state index contributed by atoms with van der Waals surface area (Å²) in [5.41, 5.74) is 1.68. The Morgan fingerprint density at radius 2 is 1.87 bits per heavy atom. The van der Waals surface area contributed by atoms with Crippen LogP contribution in [-0.4, -0.2) is 19.0 Å². The summed E-state index contributed by atoms with van der Waals surface area (Å²) in [6, 6.07) is 0. The molecule has 0 aromatic carbocycles. The van der Waals surface area contributed by atoms with Gasteiger partial charge in [-0.15, -0.1) is 0 Å². The fourth-order valence-corrected chi connectivity index (χ4v) is 7.29. The van der Waals surface area contributed by atoms with Gasteiger partial charge < -0.3 is 4.74 Å². The van der Waals surface area contributed by atoms with Crippen molar-refractivity contribution < 1.29 is 9.53 Å². The lowest BCUT2D eigenvalue weighted by molar-refractivity contribution is -0.126. The largest absolute Gasteiger partial charge is 0.381 e. The van der Waals surface area contributed by atoms with Gasteiger partial charge in [-0.2, -0.15) is 0 Å². The van der Waals surface area contributed by atoms with Crippen LogP contribution in [0.2, 0.25) is 0 Å². The van der Waals surface area contributed by atoms with E-state index >= 15 is 0 Å². The number of fused-ring (bicyclic) bond motifs is 5. The van der Waals surface area contributed by atoms with Crippen molar-refractivity contribution in [2.75, 3.05) is 7.11 Å². The molecule has 0 radical (unpaired) electrons. The summed E-state index contributed by atoms with van der Waals surface area (Å²) in [5, 5.41) is 0. The zero-order chi connectivity index (χ0) is 16.4. The number of ketones is 1. The molecule has 0 amide bonds. The number of carbonyl (C=O) groups excluding carboxylic acids is 1. The highest BCUT2D eigenvalue weighted by molar-refractivity contribution is 5.96. The van der Waals surface area contributed by atoms with Crippen LogP contribution in [0.4, 0.5) is 0 Å². The van der Waals surface area contributed by atoms with Crippen LogP contribution in [0.25, 0.3) is 0 Å². The van der Waals surface area contributed by atoms with Gasteiger partial charge in [-0.3, -0.25) is 4.79 Å². The highest BCUT2D eigenvalue weighted by atomic mass is 16.5. The molecule has 3 fully saturated rings. The summed E-state index contributed by atoms with van der Waals surface area (Å²) >= 11 is 0. The predicted molar refractivity (Wildman–Crippen MR) is 92.1 cm³/mol. The smallest absolute Gasteiger partial charge is 0.158 e. The standard InChI is InChI=1S/C21H32O2/c1-13-12-21(3)14(11-18(13)22)5-6-15-16-7-8-19(23-4)20(16,2)10-9-17(15)21/h12,14-17,19H,5-11H2,1-4H3/t14?,15-,16-,17-,19-,20-,21-/m0/s1. The van der Waals surface area contributed by atoms with Gasteiger partial charge in [0.2, 0.25) is 0 Å². The molecule has 2 nitrogen and oxygen atoms in total. The number of hydrogen-bond donors (Lipinski definition) is 0. The Kier molecular flexibility index (Phi) is 3.58. The first-order chi connectivity index (χ1) is 10.9. The maximum absolute atomic E-state index is 12.2. The first-order valence-electron chi connectivity index (χ1n) is 9.65. The zero-order valence-corrected chi connectivity index (χ0v) is 15.2. The van der Waals surface area contributed by atoms with Gasteiger partial charge in [0.05, 0.1) is 6.10 Å². The minimum atomic E-state index is 0.257. The van der Waals surface area contributed by atoms with E-state index in [9.17, 15) is 4.79 Å². The number of rotatable bonds is 1. The normalized spacial score (nSPS) is 52.4. The van der Waals surface area contributed by atoms with Crippen LogP contribution in [0, 0.1) is 34.5 Å². The molecular weight excluding hydrogens is 284 g/mol. The van der Waals surface area contributed by atoms with Gasteiger partial charge in [0.15, 0.2) is 5.78 Å². The molecule has 4 rings (SSSR count). The third-order valence-corrected chi connectivity index (χ3v) is 8.56. The van der Waals surface area contributed by atoms with Crippen LogP contribution in [0.3, 0.4) is 0 Å². The van der Waals surface area contributed by atoms with Gasteiger partial charge in [0.25, 0.3) is 0 Å². The molecule has 128 valence electrons. The molecule has 0 saturated heterocycles. The predicted octanol–water partition coefficient (Wildman–Crippen LogP) is 4.78. The van der Waals surface area contributed by atoms with Crippen molar-refractivity contribution in [3.05, 3.63) is 11.6 Å². The lowest BCUT2D eigenvalue weighted by atomic mass is 9.46. The van der Waals surface area contributed by atoms with E-state index in [0.29, 0.717) is 23.2 Å². The molecule has 3 saturated carbocycles. The van der Waals surface area contributed by atoms with Crippen molar-refractivity contribution in [1.82, 2.24) is 0 Å².